The number of ether oxygens (including phenoxy) is 4. The monoisotopic (exact) mass is 388 g/mol. The molecule has 8 heteroatoms. The van der Waals surface area contributed by atoms with Crippen LogP contribution in [0.4, 0.5) is 0 Å². The van der Waals surface area contributed by atoms with Crippen LogP contribution in [-0.4, -0.2) is 43.9 Å². The van der Waals surface area contributed by atoms with E-state index in [1.165, 1.54) is 11.8 Å². The van der Waals surface area contributed by atoms with Gasteiger partial charge in [-0.25, -0.2) is 0 Å². The number of methoxy groups -OCH3 is 3. The fourth-order valence-corrected chi connectivity index (χ4v) is 2.85. The largest absolute Gasteiger partial charge is 0.497 e. The van der Waals surface area contributed by atoms with Gasteiger partial charge in [0.2, 0.25) is 5.89 Å². The van der Waals surface area contributed by atoms with E-state index in [1.54, 1.807) is 27.4 Å². The molecule has 0 unspecified atom stereocenters. The van der Waals surface area contributed by atoms with Gasteiger partial charge in [-0.1, -0.05) is 11.8 Å². The molecule has 0 saturated carbocycles. The predicted octanol–water partition coefficient (Wildman–Crippen LogP) is 3.93. The molecule has 0 fully saturated rings. The number of hydrogen-bond acceptors (Lipinski definition) is 8. The third-order valence-corrected chi connectivity index (χ3v) is 4.42. The topological polar surface area (TPSA) is 75.8 Å². The van der Waals surface area contributed by atoms with Crippen molar-refractivity contribution >= 4 is 11.8 Å². The maximum Gasteiger partial charge on any atom is 0.276 e. The molecule has 3 aromatic rings. The second-order valence-electron chi connectivity index (χ2n) is 5.35. The van der Waals surface area contributed by atoms with Crippen molar-refractivity contribution in [3.8, 4) is 34.5 Å². The second-order valence-corrected chi connectivity index (χ2v) is 6.39. The molecule has 0 aliphatic rings. The molecule has 0 atom stereocenters. The minimum atomic E-state index is 0.408. The molecule has 0 bridgehead atoms. The first-order chi connectivity index (χ1) is 13.2. The Morgan fingerprint density at radius 3 is 2.07 bits per heavy atom. The summed E-state index contributed by atoms with van der Waals surface area (Å²) in [5, 5.41) is 8.63. The van der Waals surface area contributed by atoms with Crippen LogP contribution in [0.3, 0.4) is 0 Å². The summed E-state index contributed by atoms with van der Waals surface area (Å²) in [7, 11) is 4.82. The Morgan fingerprint density at radius 2 is 1.44 bits per heavy atom. The number of nitrogens with zero attached hydrogens (tertiary/aromatic N) is 2. The summed E-state index contributed by atoms with van der Waals surface area (Å²) in [5.41, 5.74) is 0.736. The third kappa shape index (κ3) is 5.07. The van der Waals surface area contributed by atoms with Crippen LogP contribution in [0.25, 0.3) is 11.5 Å². The van der Waals surface area contributed by atoms with Gasteiger partial charge in [0.05, 0.1) is 27.9 Å². The predicted molar refractivity (Wildman–Crippen MR) is 102 cm³/mol. The lowest BCUT2D eigenvalue weighted by Crippen LogP contribution is -1.99. The first-order valence-corrected chi connectivity index (χ1v) is 9.17. The molecule has 1 aromatic heterocycles. The van der Waals surface area contributed by atoms with E-state index >= 15 is 0 Å². The third-order valence-electron chi connectivity index (χ3n) is 3.64. The molecule has 3 rings (SSSR count). The lowest BCUT2D eigenvalue weighted by Gasteiger charge is -2.06. The SMILES string of the molecule is COc1ccc(OCCSc2nnc(-c3cc(OC)cc(OC)c3)o2)cc1. The Hall–Kier alpha value is -2.87. The fraction of sp³-hybridized carbons (Fsp3) is 0.263. The second kappa shape index (κ2) is 9.18. The summed E-state index contributed by atoms with van der Waals surface area (Å²) in [6.45, 7) is 0.516. The molecule has 0 saturated heterocycles. The average Bonchev–Trinajstić information content (AvgIpc) is 3.20. The van der Waals surface area contributed by atoms with Crippen molar-refractivity contribution in [3.63, 3.8) is 0 Å². The van der Waals surface area contributed by atoms with Gasteiger partial charge in [0.15, 0.2) is 0 Å². The molecule has 142 valence electrons. The molecular formula is C19H20N2O5S. The highest BCUT2D eigenvalue weighted by molar-refractivity contribution is 7.99. The molecule has 1 heterocycles. The van der Waals surface area contributed by atoms with E-state index in [2.05, 4.69) is 10.2 Å². The molecule has 0 N–H and O–H groups in total. The minimum absolute atomic E-state index is 0.408. The molecule has 0 radical (unpaired) electrons. The lowest BCUT2D eigenvalue weighted by molar-refractivity contribution is 0.342. The van der Waals surface area contributed by atoms with Gasteiger partial charge in [-0.15, -0.1) is 10.2 Å². The van der Waals surface area contributed by atoms with E-state index in [-0.39, 0.29) is 0 Å². The highest BCUT2D eigenvalue weighted by Gasteiger charge is 2.12. The van der Waals surface area contributed by atoms with Crippen LogP contribution < -0.4 is 18.9 Å². The van der Waals surface area contributed by atoms with Gasteiger partial charge in [-0.2, -0.15) is 0 Å². The normalized spacial score (nSPS) is 10.5. The first kappa shape index (κ1) is 18.9. The van der Waals surface area contributed by atoms with E-state index in [0.29, 0.717) is 35.0 Å². The summed E-state index contributed by atoms with van der Waals surface area (Å²) < 4.78 is 27.0. The van der Waals surface area contributed by atoms with Crippen molar-refractivity contribution in [1.82, 2.24) is 10.2 Å². The van der Waals surface area contributed by atoms with Gasteiger partial charge in [0, 0.05) is 17.4 Å². The maximum atomic E-state index is 5.71. The molecule has 2 aromatic carbocycles. The van der Waals surface area contributed by atoms with Crippen LogP contribution in [0.2, 0.25) is 0 Å². The molecule has 27 heavy (non-hydrogen) atoms. The zero-order valence-corrected chi connectivity index (χ0v) is 16.1. The Morgan fingerprint density at radius 1 is 0.815 bits per heavy atom. The van der Waals surface area contributed by atoms with Crippen molar-refractivity contribution < 1.29 is 23.4 Å². The van der Waals surface area contributed by atoms with Crippen LogP contribution in [-0.2, 0) is 0 Å². The van der Waals surface area contributed by atoms with E-state index in [1.807, 2.05) is 36.4 Å². The first-order valence-electron chi connectivity index (χ1n) is 8.18. The van der Waals surface area contributed by atoms with E-state index in [9.17, 15) is 0 Å². The van der Waals surface area contributed by atoms with Crippen LogP contribution in [0.15, 0.2) is 52.1 Å². The van der Waals surface area contributed by atoms with Crippen LogP contribution in [0.1, 0.15) is 0 Å². The number of thioether (sulfide) groups is 1. The van der Waals surface area contributed by atoms with Gasteiger partial charge >= 0.3 is 0 Å². The van der Waals surface area contributed by atoms with Crippen molar-refractivity contribution in [2.24, 2.45) is 0 Å². The number of hydrogen-bond donors (Lipinski definition) is 0. The summed E-state index contributed by atoms with van der Waals surface area (Å²) in [4.78, 5) is 0. The highest BCUT2D eigenvalue weighted by Crippen LogP contribution is 2.30. The van der Waals surface area contributed by atoms with Gasteiger partial charge in [-0.05, 0) is 36.4 Å². The minimum Gasteiger partial charge on any atom is -0.497 e. The van der Waals surface area contributed by atoms with Gasteiger partial charge in [-0.3, -0.25) is 0 Å². The Kier molecular flexibility index (Phi) is 6.43. The molecular weight excluding hydrogens is 368 g/mol. The van der Waals surface area contributed by atoms with Gasteiger partial charge < -0.3 is 23.4 Å². The molecule has 0 amide bonds. The Labute approximate surface area is 161 Å². The van der Waals surface area contributed by atoms with Crippen molar-refractivity contribution in [2.75, 3.05) is 33.7 Å². The quantitative estimate of drug-likeness (QED) is 0.403. The Bertz CT molecular complexity index is 845. The van der Waals surface area contributed by atoms with Crippen molar-refractivity contribution in [2.45, 2.75) is 5.22 Å². The van der Waals surface area contributed by atoms with Gasteiger partial charge in [0.1, 0.15) is 23.0 Å². The van der Waals surface area contributed by atoms with Crippen LogP contribution in [0, 0.1) is 0 Å². The molecule has 7 nitrogen and oxygen atoms in total. The number of rotatable bonds is 9. The average molecular weight is 388 g/mol. The number of benzene rings is 2. The van der Waals surface area contributed by atoms with E-state index in [0.717, 1.165) is 17.1 Å². The van der Waals surface area contributed by atoms with Crippen molar-refractivity contribution in [1.29, 1.82) is 0 Å². The maximum absolute atomic E-state index is 5.71. The lowest BCUT2D eigenvalue weighted by atomic mass is 10.2. The molecule has 0 aliphatic heterocycles. The van der Waals surface area contributed by atoms with E-state index in [4.69, 9.17) is 23.4 Å². The molecule has 0 spiro atoms. The highest BCUT2D eigenvalue weighted by atomic mass is 32.2. The summed E-state index contributed by atoms with van der Waals surface area (Å²) in [5.74, 6) is 3.98. The Balaban J connectivity index is 1.55. The van der Waals surface area contributed by atoms with E-state index < -0.39 is 0 Å². The summed E-state index contributed by atoms with van der Waals surface area (Å²) in [6, 6.07) is 12.9. The smallest absolute Gasteiger partial charge is 0.276 e. The zero-order chi connectivity index (χ0) is 19.1. The summed E-state index contributed by atoms with van der Waals surface area (Å²) in [6.07, 6.45) is 0. The van der Waals surface area contributed by atoms with Crippen molar-refractivity contribution in [3.05, 3.63) is 42.5 Å². The zero-order valence-electron chi connectivity index (χ0n) is 15.3. The standard InChI is InChI=1S/C19H20N2O5S/c1-22-14-4-6-15(7-5-14)25-8-9-27-19-21-20-18(26-19)13-10-16(23-2)12-17(11-13)24-3/h4-7,10-12H,8-9H2,1-3H3. The molecule has 0 aliphatic carbocycles. The van der Waals surface area contributed by atoms with Crippen LogP contribution in [0.5, 0.6) is 23.0 Å². The summed E-state index contributed by atoms with van der Waals surface area (Å²) >= 11 is 1.43. The van der Waals surface area contributed by atoms with Crippen LogP contribution >= 0.6 is 11.8 Å². The van der Waals surface area contributed by atoms with Gasteiger partial charge in [0.25, 0.3) is 5.22 Å². The fourth-order valence-electron chi connectivity index (χ4n) is 2.28. The number of aromatic nitrogens is 2.